The van der Waals surface area contributed by atoms with E-state index in [0.29, 0.717) is 21.6 Å². The Labute approximate surface area is 120 Å². The number of aromatic nitrogens is 3. The monoisotopic (exact) mass is 304 g/mol. The van der Waals surface area contributed by atoms with E-state index in [4.69, 9.17) is 34.8 Å². The van der Waals surface area contributed by atoms with E-state index >= 15 is 0 Å². The van der Waals surface area contributed by atoms with E-state index in [2.05, 4.69) is 20.5 Å². The number of nitrogens with one attached hydrogen (secondary N) is 2. The maximum Gasteiger partial charge on any atom is 0.141 e. The zero-order valence-corrected chi connectivity index (χ0v) is 11.8. The lowest BCUT2D eigenvalue weighted by atomic mass is 10.2. The second-order valence-electron chi connectivity index (χ2n) is 3.80. The van der Waals surface area contributed by atoms with Gasteiger partial charge in [0.2, 0.25) is 0 Å². The summed E-state index contributed by atoms with van der Waals surface area (Å²) in [6.07, 6.45) is 1.47. The Bertz CT molecular complexity index is 527. The van der Waals surface area contributed by atoms with Gasteiger partial charge in [-0.25, -0.2) is 4.98 Å². The van der Waals surface area contributed by atoms with Gasteiger partial charge in [0.1, 0.15) is 12.2 Å². The van der Waals surface area contributed by atoms with Crippen molar-refractivity contribution in [1.29, 1.82) is 0 Å². The average Bonchev–Trinajstić information content (AvgIpc) is 2.87. The van der Waals surface area contributed by atoms with Gasteiger partial charge in [-0.15, -0.1) is 0 Å². The van der Waals surface area contributed by atoms with Crippen LogP contribution in [0.5, 0.6) is 0 Å². The Morgan fingerprint density at radius 2 is 2.00 bits per heavy atom. The second-order valence-corrected chi connectivity index (χ2v) is 4.99. The molecule has 1 unspecified atom stereocenters. The van der Waals surface area contributed by atoms with Gasteiger partial charge in [0.25, 0.3) is 0 Å². The van der Waals surface area contributed by atoms with Gasteiger partial charge < -0.3 is 5.32 Å². The molecule has 1 aromatic heterocycles. The lowest BCUT2D eigenvalue weighted by molar-refractivity contribution is 0.548. The topological polar surface area (TPSA) is 53.6 Å². The molecule has 0 spiro atoms. The molecule has 0 bridgehead atoms. The predicted molar refractivity (Wildman–Crippen MR) is 73.1 cm³/mol. The minimum atomic E-state index is 0.0126. The van der Waals surface area contributed by atoms with Gasteiger partial charge in [-0.2, -0.15) is 5.10 Å². The van der Waals surface area contributed by atoms with E-state index in [-0.39, 0.29) is 6.04 Å². The van der Waals surface area contributed by atoms with Gasteiger partial charge >= 0.3 is 0 Å². The fourth-order valence-electron chi connectivity index (χ4n) is 1.51. The predicted octanol–water partition coefficient (Wildman–Crippen LogP) is 3.62. The third kappa shape index (κ3) is 2.95. The molecule has 0 aliphatic carbocycles. The van der Waals surface area contributed by atoms with E-state index in [1.807, 2.05) is 6.92 Å². The summed E-state index contributed by atoms with van der Waals surface area (Å²) in [4.78, 5) is 4.07. The largest absolute Gasteiger partial charge is 0.303 e. The Kier molecular flexibility index (Phi) is 4.45. The van der Waals surface area contributed by atoms with E-state index in [0.717, 1.165) is 11.4 Å². The number of benzene rings is 1. The molecule has 0 saturated carbocycles. The molecule has 0 fully saturated rings. The summed E-state index contributed by atoms with van der Waals surface area (Å²) >= 11 is 18.2. The van der Waals surface area contributed by atoms with Crippen LogP contribution in [0, 0.1) is 0 Å². The lowest BCUT2D eigenvalue weighted by Gasteiger charge is -2.13. The van der Waals surface area contributed by atoms with Crippen LogP contribution in [-0.4, -0.2) is 15.2 Å². The molecular weight excluding hydrogens is 295 g/mol. The molecule has 2 aromatic rings. The highest BCUT2D eigenvalue weighted by Gasteiger charge is 2.12. The molecule has 0 saturated heterocycles. The molecule has 18 heavy (non-hydrogen) atoms. The van der Waals surface area contributed by atoms with E-state index in [1.165, 1.54) is 6.33 Å². The third-order valence-electron chi connectivity index (χ3n) is 2.57. The molecule has 0 amide bonds. The number of rotatable bonds is 4. The second kappa shape index (κ2) is 5.89. The third-order valence-corrected chi connectivity index (χ3v) is 3.77. The van der Waals surface area contributed by atoms with Gasteiger partial charge in [0.15, 0.2) is 0 Å². The van der Waals surface area contributed by atoms with Crippen LogP contribution in [0.25, 0.3) is 0 Å². The Hall–Kier alpha value is -0.810. The van der Waals surface area contributed by atoms with Crippen LogP contribution < -0.4 is 5.32 Å². The summed E-state index contributed by atoms with van der Waals surface area (Å²) in [7, 11) is 0. The zero-order valence-electron chi connectivity index (χ0n) is 9.54. The standard InChI is InChI=1S/C11H11Cl3N4/c1-6(11-16-5-17-18-11)15-4-7-8(12)2-3-9(13)10(7)14/h2-3,5-6,15H,4H2,1H3,(H,16,17,18). The summed E-state index contributed by atoms with van der Waals surface area (Å²) in [5.41, 5.74) is 0.775. The molecule has 1 atom stereocenters. The zero-order chi connectivity index (χ0) is 13.1. The Morgan fingerprint density at radius 3 is 2.67 bits per heavy atom. The number of H-pyrrole nitrogens is 1. The SMILES string of the molecule is CC(NCc1c(Cl)ccc(Cl)c1Cl)c1ncn[nH]1. The van der Waals surface area contributed by atoms with Crippen LogP contribution in [-0.2, 0) is 6.54 Å². The van der Waals surface area contributed by atoms with Crippen LogP contribution in [0.1, 0.15) is 24.4 Å². The smallest absolute Gasteiger partial charge is 0.141 e. The lowest BCUT2D eigenvalue weighted by Crippen LogP contribution is -2.19. The molecular formula is C11H11Cl3N4. The van der Waals surface area contributed by atoms with Crippen LogP contribution in [0.2, 0.25) is 15.1 Å². The Balaban J connectivity index is 2.09. The highest BCUT2D eigenvalue weighted by atomic mass is 35.5. The first kappa shape index (κ1) is 13.6. The maximum atomic E-state index is 6.11. The summed E-state index contributed by atoms with van der Waals surface area (Å²) in [6.45, 7) is 2.47. The number of halogens is 3. The molecule has 0 aliphatic heterocycles. The van der Waals surface area contributed by atoms with Crippen molar-refractivity contribution in [2.24, 2.45) is 0 Å². The van der Waals surface area contributed by atoms with Crippen molar-refractivity contribution < 1.29 is 0 Å². The van der Waals surface area contributed by atoms with Crippen molar-refractivity contribution in [3.8, 4) is 0 Å². The highest BCUT2D eigenvalue weighted by Crippen LogP contribution is 2.31. The number of nitrogens with zero attached hydrogens (tertiary/aromatic N) is 2. The van der Waals surface area contributed by atoms with Crippen LogP contribution in [0.15, 0.2) is 18.5 Å². The van der Waals surface area contributed by atoms with Crippen LogP contribution in [0.3, 0.4) is 0 Å². The van der Waals surface area contributed by atoms with Gasteiger partial charge in [0, 0.05) is 17.1 Å². The minimum absolute atomic E-state index is 0.0126. The normalized spacial score (nSPS) is 12.7. The van der Waals surface area contributed by atoms with Gasteiger partial charge in [-0.05, 0) is 19.1 Å². The summed E-state index contributed by atoms with van der Waals surface area (Å²) < 4.78 is 0. The first-order valence-electron chi connectivity index (χ1n) is 5.30. The molecule has 1 aromatic carbocycles. The molecule has 0 aliphatic rings. The van der Waals surface area contributed by atoms with Crippen molar-refractivity contribution in [2.75, 3.05) is 0 Å². The van der Waals surface area contributed by atoms with E-state index in [9.17, 15) is 0 Å². The number of aromatic amines is 1. The fourth-order valence-corrected chi connectivity index (χ4v) is 2.19. The molecule has 0 radical (unpaired) electrons. The van der Waals surface area contributed by atoms with Crippen molar-refractivity contribution in [3.63, 3.8) is 0 Å². The highest BCUT2D eigenvalue weighted by molar-refractivity contribution is 6.44. The van der Waals surface area contributed by atoms with Crippen molar-refractivity contribution in [3.05, 3.63) is 44.9 Å². The van der Waals surface area contributed by atoms with Gasteiger partial charge in [-0.3, -0.25) is 5.10 Å². The van der Waals surface area contributed by atoms with Crippen molar-refractivity contribution in [2.45, 2.75) is 19.5 Å². The molecule has 1 heterocycles. The summed E-state index contributed by atoms with van der Waals surface area (Å²) in [6, 6.07) is 3.42. The maximum absolute atomic E-state index is 6.11. The van der Waals surface area contributed by atoms with Crippen LogP contribution in [0.4, 0.5) is 0 Å². The quantitative estimate of drug-likeness (QED) is 0.848. The first-order valence-corrected chi connectivity index (χ1v) is 6.44. The van der Waals surface area contributed by atoms with E-state index < -0.39 is 0 Å². The summed E-state index contributed by atoms with van der Waals surface area (Å²) in [5.74, 6) is 0.754. The average molecular weight is 306 g/mol. The van der Waals surface area contributed by atoms with E-state index in [1.54, 1.807) is 12.1 Å². The Morgan fingerprint density at radius 1 is 1.28 bits per heavy atom. The van der Waals surface area contributed by atoms with Gasteiger partial charge in [-0.1, -0.05) is 34.8 Å². The van der Waals surface area contributed by atoms with Crippen molar-refractivity contribution in [1.82, 2.24) is 20.5 Å². The fraction of sp³-hybridized carbons (Fsp3) is 0.273. The number of hydrogen-bond donors (Lipinski definition) is 2. The molecule has 4 nitrogen and oxygen atoms in total. The van der Waals surface area contributed by atoms with Crippen LogP contribution >= 0.6 is 34.8 Å². The molecule has 96 valence electrons. The first-order chi connectivity index (χ1) is 8.59. The van der Waals surface area contributed by atoms with Gasteiger partial charge in [0.05, 0.1) is 16.1 Å². The molecule has 2 rings (SSSR count). The van der Waals surface area contributed by atoms with Crippen molar-refractivity contribution >= 4 is 34.8 Å². The number of hydrogen-bond acceptors (Lipinski definition) is 3. The minimum Gasteiger partial charge on any atom is -0.303 e. The molecule has 7 heteroatoms. The summed E-state index contributed by atoms with van der Waals surface area (Å²) in [5, 5.41) is 11.4. The molecule has 2 N–H and O–H groups in total.